The van der Waals surface area contributed by atoms with Gasteiger partial charge in [-0.25, -0.2) is 0 Å². The maximum atomic E-state index is 12.8. The van der Waals surface area contributed by atoms with Gasteiger partial charge in [-0.3, -0.25) is 9.59 Å². The van der Waals surface area contributed by atoms with E-state index in [0.29, 0.717) is 30.1 Å². The molecule has 5 nitrogen and oxygen atoms in total. The molecular formula is C23H29N3O2. The van der Waals surface area contributed by atoms with Gasteiger partial charge in [0.1, 0.15) is 0 Å². The van der Waals surface area contributed by atoms with Gasteiger partial charge >= 0.3 is 0 Å². The van der Waals surface area contributed by atoms with E-state index in [4.69, 9.17) is 0 Å². The lowest BCUT2D eigenvalue weighted by Gasteiger charge is -2.32. The fraction of sp³-hybridized carbons (Fsp3) is 0.478. The third-order valence-electron chi connectivity index (χ3n) is 6.22. The largest absolute Gasteiger partial charge is 0.348 e. The normalized spacial score (nSPS) is 19.0. The molecule has 0 N–H and O–H groups in total. The number of hydrogen-bond acceptors (Lipinski definition) is 3. The molecular weight excluding hydrogens is 350 g/mol. The molecule has 4 rings (SSSR count). The second-order valence-corrected chi connectivity index (χ2v) is 8.03. The first-order valence-electron chi connectivity index (χ1n) is 10.4. The van der Waals surface area contributed by atoms with E-state index in [1.165, 1.54) is 18.4 Å². The van der Waals surface area contributed by atoms with Crippen LogP contribution in [0.5, 0.6) is 0 Å². The van der Waals surface area contributed by atoms with Gasteiger partial charge in [0, 0.05) is 32.8 Å². The molecule has 0 saturated carbocycles. The summed E-state index contributed by atoms with van der Waals surface area (Å²) in [4.78, 5) is 29.5. The fourth-order valence-electron chi connectivity index (χ4n) is 4.59. The van der Waals surface area contributed by atoms with Crippen LogP contribution in [0, 0.1) is 0 Å². The summed E-state index contributed by atoms with van der Waals surface area (Å²) in [5.74, 6) is 0.748. The van der Waals surface area contributed by atoms with Crippen molar-refractivity contribution in [1.29, 1.82) is 0 Å². The number of benzene rings is 1. The topological polar surface area (TPSA) is 45.6 Å². The number of nitrogens with zero attached hydrogens (tertiary/aromatic N) is 3. The minimum absolute atomic E-state index is 0.00392. The second kappa shape index (κ2) is 8.31. The van der Waals surface area contributed by atoms with E-state index in [1.807, 2.05) is 11.9 Å². The Bertz CT molecular complexity index is 835. The first-order chi connectivity index (χ1) is 13.6. The van der Waals surface area contributed by atoms with Gasteiger partial charge in [-0.2, -0.15) is 0 Å². The molecule has 2 aliphatic rings. The zero-order valence-electron chi connectivity index (χ0n) is 16.6. The molecule has 2 aromatic rings. The quantitative estimate of drug-likeness (QED) is 0.801. The van der Waals surface area contributed by atoms with E-state index < -0.39 is 0 Å². The number of Topliss-reactive ketones (excluding diaryl/α,β-unsaturated/α-hetero) is 1. The summed E-state index contributed by atoms with van der Waals surface area (Å²) in [7, 11) is 1.83. The van der Waals surface area contributed by atoms with Crippen molar-refractivity contribution in [2.45, 2.75) is 31.6 Å². The standard InChI is InChI=1S/C23H29N3O2/c1-24-14-10-20-22(24)21(27)11-17-26(23(20)28)13-5-12-25-15-8-19(9-16-25)18-6-3-2-4-7-18/h2-4,6-7,10,14,19H,5,8-9,11-13,15-17H2,1H3. The van der Waals surface area contributed by atoms with Gasteiger partial charge in [0.15, 0.2) is 5.78 Å². The number of rotatable bonds is 5. The number of ketones is 1. The van der Waals surface area contributed by atoms with Crippen LogP contribution in [0.2, 0.25) is 0 Å². The third kappa shape index (κ3) is 3.90. The minimum atomic E-state index is 0.00392. The fourth-order valence-corrected chi connectivity index (χ4v) is 4.59. The summed E-state index contributed by atoms with van der Waals surface area (Å²) >= 11 is 0. The molecule has 2 aliphatic heterocycles. The van der Waals surface area contributed by atoms with Crippen LogP contribution in [0.4, 0.5) is 0 Å². The lowest BCUT2D eigenvalue weighted by molar-refractivity contribution is 0.0748. The molecule has 0 unspecified atom stereocenters. The maximum Gasteiger partial charge on any atom is 0.256 e. The Morgan fingerprint density at radius 2 is 1.71 bits per heavy atom. The van der Waals surface area contributed by atoms with Crippen molar-refractivity contribution >= 4 is 11.7 Å². The average molecular weight is 380 g/mol. The summed E-state index contributed by atoms with van der Waals surface area (Å²) in [6, 6.07) is 12.6. The summed E-state index contributed by atoms with van der Waals surface area (Å²) in [6.45, 7) is 4.51. The van der Waals surface area contributed by atoms with E-state index in [1.54, 1.807) is 16.8 Å². The molecule has 1 aromatic heterocycles. The second-order valence-electron chi connectivity index (χ2n) is 8.03. The van der Waals surface area contributed by atoms with Crippen molar-refractivity contribution < 1.29 is 9.59 Å². The molecule has 5 heteroatoms. The Kier molecular flexibility index (Phi) is 5.62. The first kappa shape index (κ1) is 18.9. The molecule has 0 atom stereocenters. The summed E-state index contributed by atoms with van der Waals surface area (Å²) in [5.41, 5.74) is 2.59. The van der Waals surface area contributed by atoms with Crippen molar-refractivity contribution in [2.24, 2.45) is 7.05 Å². The highest BCUT2D eigenvalue weighted by atomic mass is 16.2. The van der Waals surface area contributed by atoms with Gasteiger partial charge < -0.3 is 14.4 Å². The number of fused-ring (bicyclic) bond motifs is 1. The Morgan fingerprint density at radius 1 is 0.964 bits per heavy atom. The predicted octanol–water partition coefficient (Wildman–Crippen LogP) is 3.32. The molecule has 28 heavy (non-hydrogen) atoms. The third-order valence-corrected chi connectivity index (χ3v) is 6.22. The highest BCUT2D eigenvalue weighted by Crippen LogP contribution is 2.27. The number of piperidine rings is 1. The summed E-state index contributed by atoms with van der Waals surface area (Å²) in [6.07, 6.45) is 5.58. The molecule has 1 amide bonds. The van der Waals surface area contributed by atoms with Gasteiger partial charge in [0.2, 0.25) is 0 Å². The highest BCUT2D eigenvalue weighted by molar-refractivity contribution is 6.08. The van der Waals surface area contributed by atoms with Gasteiger partial charge in [-0.15, -0.1) is 0 Å². The van der Waals surface area contributed by atoms with Crippen molar-refractivity contribution in [3.8, 4) is 0 Å². The van der Waals surface area contributed by atoms with Crippen molar-refractivity contribution in [1.82, 2.24) is 14.4 Å². The molecule has 1 saturated heterocycles. The van der Waals surface area contributed by atoms with Gasteiger partial charge in [-0.1, -0.05) is 30.3 Å². The lowest BCUT2D eigenvalue weighted by atomic mass is 9.89. The van der Waals surface area contributed by atoms with Crippen LogP contribution >= 0.6 is 0 Å². The molecule has 1 aromatic carbocycles. The smallest absolute Gasteiger partial charge is 0.256 e. The Hall–Kier alpha value is -2.40. The molecule has 0 aliphatic carbocycles. The number of carbonyl (C=O) groups is 2. The van der Waals surface area contributed by atoms with Crippen LogP contribution in [0.25, 0.3) is 0 Å². The van der Waals surface area contributed by atoms with Crippen LogP contribution < -0.4 is 0 Å². The zero-order chi connectivity index (χ0) is 19.5. The van der Waals surface area contributed by atoms with E-state index in [2.05, 4.69) is 35.2 Å². The number of likely N-dealkylation sites (tertiary alicyclic amines) is 1. The highest BCUT2D eigenvalue weighted by Gasteiger charge is 2.29. The SMILES string of the molecule is Cn1ccc2c1C(=O)CCN(CCCN1CCC(c3ccccc3)CC1)C2=O. The van der Waals surface area contributed by atoms with E-state index in [0.717, 1.165) is 32.6 Å². The van der Waals surface area contributed by atoms with Crippen LogP contribution in [0.1, 0.15) is 58.0 Å². The molecule has 0 bridgehead atoms. The van der Waals surface area contributed by atoms with Crippen LogP contribution in [-0.2, 0) is 7.05 Å². The summed E-state index contributed by atoms with van der Waals surface area (Å²) in [5, 5.41) is 0. The van der Waals surface area contributed by atoms with Crippen LogP contribution in [0.3, 0.4) is 0 Å². The van der Waals surface area contributed by atoms with E-state index in [9.17, 15) is 9.59 Å². The molecule has 0 radical (unpaired) electrons. The van der Waals surface area contributed by atoms with Gasteiger partial charge in [-0.05, 0) is 56.4 Å². The molecule has 0 spiro atoms. The molecule has 3 heterocycles. The van der Waals surface area contributed by atoms with Gasteiger partial charge in [0.05, 0.1) is 11.3 Å². The number of hydrogen-bond donors (Lipinski definition) is 0. The van der Waals surface area contributed by atoms with Crippen LogP contribution in [-0.4, -0.2) is 58.8 Å². The zero-order valence-corrected chi connectivity index (χ0v) is 16.6. The number of carbonyl (C=O) groups excluding carboxylic acids is 2. The molecule has 1 fully saturated rings. The Morgan fingerprint density at radius 3 is 2.46 bits per heavy atom. The predicted molar refractivity (Wildman–Crippen MR) is 110 cm³/mol. The first-order valence-corrected chi connectivity index (χ1v) is 10.4. The Balaban J connectivity index is 1.27. The van der Waals surface area contributed by atoms with Crippen LogP contribution in [0.15, 0.2) is 42.6 Å². The van der Waals surface area contributed by atoms with Crippen molar-refractivity contribution in [3.05, 3.63) is 59.4 Å². The average Bonchev–Trinajstić information content (AvgIpc) is 3.07. The minimum Gasteiger partial charge on any atom is -0.348 e. The maximum absolute atomic E-state index is 12.8. The van der Waals surface area contributed by atoms with Crippen molar-refractivity contribution in [2.75, 3.05) is 32.7 Å². The van der Waals surface area contributed by atoms with E-state index >= 15 is 0 Å². The Labute approximate surface area is 166 Å². The lowest BCUT2D eigenvalue weighted by Crippen LogP contribution is -2.37. The number of aryl methyl sites for hydroxylation is 1. The van der Waals surface area contributed by atoms with Gasteiger partial charge in [0.25, 0.3) is 5.91 Å². The van der Waals surface area contributed by atoms with Crippen molar-refractivity contribution in [3.63, 3.8) is 0 Å². The van der Waals surface area contributed by atoms with E-state index in [-0.39, 0.29) is 11.7 Å². The number of amides is 1. The monoisotopic (exact) mass is 379 g/mol. The summed E-state index contributed by atoms with van der Waals surface area (Å²) < 4.78 is 1.77. The molecule has 148 valence electrons. The number of aromatic nitrogens is 1.